The number of nitrogens with one attached hydrogen (secondary N) is 1. The van der Waals surface area contributed by atoms with Gasteiger partial charge in [0.25, 0.3) is 5.91 Å². The maximum Gasteiger partial charge on any atom is 0.252 e. The van der Waals surface area contributed by atoms with Crippen LogP contribution in [0.5, 0.6) is 0 Å². The molecule has 1 amide bonds. The van der Waals surface area contributed by atoms with Crippen LogP contribution >= 0.6 is 23.5 Å². The first-order valence-corrected chi connectivity index (χ1v) is 17.6. The van der Waals surface area contributed by atoms with Gasteiger partial charge in [0.2, 0.25) is 0 Å². The fourth-order valence-corrected chi connectivity index (χ4v) is 9.44. The van der Waals surface area contributed by atoms with Crippen molar-refractivity contribution in [1.82, 2.24) is 5.32 Å². The number of carbonyl (C=O) groups excluding carboxylic acids is 4. The Morgan fingerprint density at radius 2 is 1.29 bits per heavy atom. The molecule has 0 saturated heterocycles. The summed E-state index contributed by atoms with van der Waals surface area (Å²) >= 11 is 3.33. The second-order valence-electron chi connectivity index (χ2n) is 11.9. The SMILES string of the molecule is CCCCCCCCNC(=O)c1c(C2Cc3ccccc3S2)cc(C=O)c2c(C=O)c(C3Cc4ccccc4S3)cc(C=O)c12. The Balaban J connectivity index is 1.47. The first-order valence-electron chi connectivity index (χ1n) is 15.9. The van der Waals surface area contributed by atoms with E-state index in [2.05, 4.69) is 36.5 Å². The maximum atomic E-state index is 14.2. The molecule has 230 valence electrons. The summed E-state index contributed by atoms with van der Waals surface area (Å²) in [4.78, 5) is 55.0. The van der Waals surface area contributed by atoms with Gasteiger partial charge in [0.1, 0.15) is 0 Å². The molecule has 0 fully saturated rings. The van der Waals surface area contributed by atoms with Gasteiger partial charge in [0.05, 0.1) is 5.56 Å². The molecule has 0 bridgehead atoms. The maximum absolute atomic E-state index is 14.2. The molecular weight excluding hydrogens is 599 g/mol. The molecule has 2 heterocycles. The highest BCUT2D eigenvalue weighted by Gasteiger charge is 2.33. The minimum atomic E-state index is -0.270. The van der Waals surface area contributed by atoms with Gasteiger partial charge in [-0.2, -0.15) is 0 Å². The standard InChI is InChI=1S/C38H37NO4S2/c1-2-3-4-5-6-11-16-39-38(43)37-29(34-20-25-13-8-10-15-32(25)45-34)18-26(21-40)35-30(23-42)28(17-27(22-41)36(35)37)33-19-24-12-7-9-14-31(24)44-33/h7-10,12-15,17-18,21-23,33-34H,2-6,11,16,19-20H2,1H3,(H,39,43). The molecule has 2 aliphatic rings. The van der Waals surface area contributed by atoms with Crippen molar-refractivity contribution in [3.05, 3.63) is 105 Å². The molecule has 5 nitrogen and oxygen atoms in total. The Kier molecular flexibility index (Phi) is 9.86. The summed E-state index contributed by atoms with van der Waals surface area (Å²) in [5.41, 5.74) is 5.26. The Bertz CT molecular complexity index is 1730. The Morgan fingerprint density at radius 3 is 1.89 bits per heavy atom. The van der Waals surface area contributed by atoms with E-state index < -0.39 is 0 Å². The molecule has 45 heavy (non-hydrogen) atoms. The van der Waals surface area contributed by atoms with Crippen molar-refractivity contribution in [2.75, 3.05) is 6.54 Å². The first kappa shape index (κ1) is 31.3. The Morgan fingerprint density at radius 1 is 0.733 bits per heavy atom. The number of hydrogen-bond donors (Lipinski definition) is 1. The van der Waals surface area contributed by atoms with Gasteiger partial charge in [-0.15, -0.1) is 23.5 Å². The number of fused-ring (bicyclic) bond motifs is 3. The smallest absolute Gasteiger partial charge is 0.252 e. The molecule has 6 rings (SSSR count). The fourth-order valence-electron chi connectivity index (χ4n) is 6.75. The zero-order chi connectivity index (χ0) is 31.3. The van der Waals surface area contributed by atoms with Crippen molar-refractivity contribution in [1.29, 1.82) is 0 Å². The third kappa shape index (κ3) is 6.25. The molecule has 0 radical (unpaired) electrons. The number of aldehydes is 3. The monoisotopic (exact) mass is 635 g/mol. The van der Waals surface area contributed by atoms with Crippen LogP contribution in [0.4, 0.5) is 0 Å². The topological polar surface area (TPSA) is 80.3 Å². The lowest BCUT2D eigenvalue weighted by Gasteiger charge is -2.23. The Labute approximate surface area is 272 Å². The van der Waals surface area contributed by atoms with E-state index in [9.17, 15) is 19.2 Å². The van der Waals surface area contributed by atoms with E-state index in [1.165, 1.54) is 30.4 Å². The summed E-state index contributed by atoms with van der Waals surface area (Å²) in [7, 11) is 0. The molecule has 0 aliphatic carbocycles. The van der Waals surface area contributed by atoms with Crippen LogP contribution in [-0.2, 0) is 12.8 Å². The molecule has 7 heteroatoms. The predicted molar refractivity (Wildman–Crippen MR) is 183 cm³/mol. The highest BCUT2D eigenvalue weighted by atomic mass is 32.2. The molecule has 0 spiro atoms. The normalized spacial score (nSPS) is 16.7. The summed E-state index contributed by atoms with van der Waals surface area (Å²) in [5, 5.41) is 3.72. The van der Waals surface area contributed by atoms with Crippen molar-refractivity contribution in [2.45, 2.75) is 78.6 Å². The van der Waals surface area contributed by atoms with E-state index >= 15 is 0 Å². The van der Waals surface area contributed by atoms with E-state index in [0.717, 1.165) is 59.0 Å². The second kappa shape index (κ2) is 14.2. The summed E-state index contributed by atoms with van der Waals surface area (Å²) < 4.78 is 0. The van der Waals surface area contributed by atoms with Crippen LogP contribution in [0, 0.1) is 0 Å². The van der Waals surface area contributed by atoms with Gasteiger partial charge in [-0.3, -0.25) is 19.2 Å². The summed E-state index contributed by atoms with van der Waals surface area (Å²) in [6.45, 7) is 2.71. The average molecular weight is 636 g/mol. The minimum absolute atomic E-state index is 0.0882. The number of hydrogen-bond acceptors (Lipinski definition) is 6. The zero-order valence-electron chi connectivity index (χ0n) is 25.5. The highest BCUT2D eigenvalue weighted by molar-refractivity contribution is 8.00. The highest BCUT2D eigenvalue weighted by Crippen LogP contribution is 2.51. The van der Waals surface area contributed by atoms with Gasteiger partial charge in [0.15, 0.2) is 18.9 Å². The summed E-state index contributed by atoms with van der Waals surface area (Å²) in [5.74, 6) is -0.270. The van der Waals surface area contributed by atoms with E-state index in [1.54, 1.807) is 35.7 Å². The minimum Gasteiger partial charge on any atom is -0.352 e. The van der Waals surface area contributed by atoms with Crippen LogP contribution in [0.1, 0.15) is 120 Å². The van der Waals surface area contributed by atoms with Gasteiger partial charge in [0, 0.05) is 54.3 Å². The predicted octanol–water partition coefficient (Wildman–Crippen LogP) is 9.15. The van der Waals surface area contributed by atoms with E-state index in [-0.39, 0.29) is 16.4 Å². The van der Waals surface area contributed by atoms with Crippen molar-refractivity contribution in [2.24, 2.45) is 0 Å². The largest absolute Gasteiger partial charge is 0.352 e. The first-order chi connectivity index (χ1) is 22.1. The lowest BCUT2D eigenvalue weighted by molar-refractivity contribution is 0.0952. The molecule has 2 unspecified atom stereocenters. The van der Waals surface area contributed by atoms with Crippen LogP contribution in [0.2, 0.25) is 0 Å². The number of rotatable bonds is 13. The van der Waals surface area contributed by atoms with Crippen molar-refractivity contribution in [3.63, 3.8) is 0 Å². The van der Waals surface area contributed by atoms with Crippen LogP contribution < -0.4 is 5.32 Å². The van der Waals surface area contributed by atoms with Crippen molar-refractivity contribution < 1.29 is 19.2 Å². The molecule has 2 atom stereocenters. The molecule has 1 N–H and O–H groups in total. The van der Waals surface area contributed by atoms with Gasteiger partial charge in [-0.1, -0.05) is 75.4 Å². The van der Waals surface area contributed by atoms with Gasteiger partial charge < -0.3 is 5.32 Å². The quantitative estimate of drug-likeness (QED) is 0.117. The second-order valence-corrected chi connectivity index (χ2v) is 14.4. The van der Waals surface area contributed by atoms with E-state index in [0.29, 0.717) is 52.4 Å². The number of unbranched alkanes of at least 4 members (excludes halogenated alkanes) is 5. The van der Waals surface area contributed by atoms with Gasteiger partial charge in [-0.05, 0) is 65.8 Å². The number of amides is 1. The lowest BCUT2D eigenvalue weighted by Crippen LogP contribution is -2.27. The van der Waals surface area contributed by atoms with Gasteiger partial charge in [-0.25, -0.2) is 0 Å². The van der Waals surface area contributed by atoms with Crippen LogP contribution in [0.15, 0.2) is 70.5 Å². The van der Waals surface area contributed by atoms with Crippen LogP contribution in [0.3, 0.4) is 0 Å². The van der Waals surface area contributed by atoms with Crippen molar-refractivity contribution in [3.8, 4) is 0 Å². The third-order valence-corrected chi connectivity index (χ3v) is 11.7. The average Bonchev–Trinajstić information content (AvgIpc) is 3.71. The molecule has 2 aliphatic heterocycles. The van der Waals surface area contributed by atoms with Crippen LogP contribution in [0.25, 0.3) is 10.8 Å². The lowest BCUT2D eigenvalue weighted by atomic mass is 9.84. The van der Waals surface area contributed by atoms with E-state index in [1.807, 2.05) is 24.3 Å². The zero-order valence-corrected chi connectivity index (χ0v) is 27.1. The third-order valence-electron chi connectivity index (χ3n) is 8.97. The summed E-state index contributed by atoms with van der Waals surface area (Å²) in [6, 6.07) is 19.9. The fraction of sp³-hybridized carbons (Fsp3) is 0.316. The molecular formula is C38H37NO4S2. The van der Waals surface area contributed by atoms with Gasteiger partial charge >= 0.3 is 0 Å². The van der Waals surface area contributed by atoms with E-state index in [4.69, 9.17) is 0 Å². The molecule has 0 aromatic heterocycles. The Hall–Kier alpha value is -3.68. The number of thioether (sulfide) groups is 2. The number of carbonyl (C=O) groups is 4. The molecule has 4 aromatic carbocycles. The number of benzene rings is 4. The van der Waals surface area contributed by atoms with Crippen molar-refractivity contribution >= 4 is 59.1 Å². The molecule has 4 aromatic rings. The van der Waals surface area contributed by atoms with Crippen LogP contribution in [-0.4, -0.2) is 31.3 Å². The summed E-state index contributed by atoms with van der Waals surface area (Å²) in [6.07, 6.45) is 10.4. The molecule has 0 saturated carbocycles.